The van der Waals surface area contributed by atoms with Crippen LogP contribution in [-0.2, 0) is 5.75 Å². The first-order valence-corrected chi connectivity index (χ1v) is 10.4. The van der Waals surface area contributed by atoms with Crippen LogP contribution in [0.5, 0.6) is 11.5 Å². The highest BCUT2D eigenvalue weighted by atomic mass is 32.2. The largest absolute Gasteiger partial charge is 0.493 e. The number of methoxy groups -OCH3 is 2. The molecule has 0 saturated heterocycles. The van der Waals surface area contributed by atoms with Crippen LogP contribution in [0.4, 0.5) is 0 Å². The van der Waals surface area contributed by atoms with Crippen LogP contribution in [0.15, 0.2) is 58.2 Å². The molecule has 4 aromatic rings. The summed E-state index contributed by atoms with van der Waals surface area (Å²) in [4.78, 5) is 0. The second-order valence-corrected chi connectivity index (χ2v) is 7.58. The van der Waals surface area contributed by atoms with Crippen LogP contribution in [-0.4, -0.2) is 34.1 Å². The van der Waals surface area contributed by atoms with Gasteiger partial charge in [0.25, 0.3) is 0 Å². The number of hydrogen-bond acceptors (Lipinski definition) is 7. The van der Waals surface area contributed by atoms with Gasteiger partial charge in [-0.3, -0.25) is 4.57 Å². The van der Waals surface area contributed by atoms with Crippen molar-refractivity contribution in [3.05, 3.63) is 65.5 Å². The monoisotopic (exact) mass is 422 g/mol. The molecule has 0 saturated carbocycles. The van der Waals surface area contributed by atoms with Crippen LogP contribution >= 0.6 is 11.8 Å². The van der Waals surface area contributed by atoms with E-state index in [1.165, 1.54) is 0 Å². The summed E-state index contributed by atoms with van der Waals surface area (Å²) in [6.07, 6.45) is 0. The molecule has 7 nitrogen and oxygen atoms in total. The Morgan fingerprint density at radius 3 is 2.40 bits per heavy atom. The van der Waals surface area contributed by atoms with Crippen molar-refractivity contribution in [1.82, 2.24) is 19.9 Å². The summed E-state index contributed by atoms with van der Waals surface area (Å²) in [5, 5.41) is 13.8. The topological polar surface area (TPSA) is 75.2 Å². The van der Waals surface area contributed by atoms with Crippen LogP contribution in [0, 0.1) is 13.8 Å². The second kappa shape index (κ2) is 8.62. The highest BCUT2D eigenvalue weighted by Crippen LogP contribution is 2.35. The van der Waals surface area contributed by atoms with Gasteiger partial charge in [-0.05, 0) is 26.0 Å². The third-order valence-corrected chi connectivity index (χ3v) is 5.77. The molecule has 0 atom stereocenters. The van der Waals surface area contributed by atoms with Crippen LogP contribution in [0.25, 0.3) is 17.1 Å². The van der Waals surface area contributed by atoms with Gasteiger partial charge in [0.15, 0.2) is 22.5 Å². The molecule has 0 aliphatic rings. The Morgan fingerprint density at radius 1 is 0.967 bits per heavy atom. The standard InChI is InChI=1S/C22H22N4O3S/c1-14-18(15(2)29-25-14)13-30-22-24-23-21(16-8-6-5-7-9-16)26(22)17-10-11-19(27-3)20(12-17)28-4/h5-12H,13H2,1-4H3. The molecule has 154 valence electrons. The molecular weight excluding hydrogens is 400 g/mol. The first-order chi connectivity index (χ1) is 14.6. The number of rotatable bonds is 7. The maximum Gasteiger partial charge on any atom is 0.196 e. The lowest BCUT2D eigenvalue weighted by molar-refractivity contribution is 0.355. The smallest absolute Gasteiger partial charge is 0.196 e. The lowest BCUT2D eigenvalue weighted by atomic mass is 10.2. The van der Waals surface area contributed by atoms with Gasteiger partial charge in [0, 0.05) is 22.9 Å². The Bertz CT molecular complexity index is 1140. The van der Waals surface area contributed by atoms with E-state index in [0.29, 0.717) is 17.3 Å². The molecule has 0 radical (unpaired) electrons. The summed E-state index contributed by atoms with van der Waals surface area (Å²) in [7, 11) is 3.25. The van der Waals surface area contributed by atoms with E-state index in [1.54, 1.807) is 26.0 Å². The van der Waals surface area contributed by atoms with Crippen molar-refractivity contribution in [1.29, 1.82) is 0 Å². The quantitative estimate of drug-likeness (QED) is 0.394. The first kappa shape index (κ1) is 20.0. The number of aromatic nitrogens is 4. The van der Waals surface area contributed by atoms with E-state index in [4.69, 9.17) is 14.0 Å². The summed E-state index contributed by atoms with van der Waals surface area (Å²) in [6, 6.07) is 15.8. The van der Waals surface area contributed by atoms with Crippen molar-refractivity contribution in [2.75, 3.05) is 14.2 Å². The third kappa shape index (κ3) is 3.78. The Morgan fingerprint density at radius 2 is 1.73 bits per heavy atom. The summed E-state index contributed by atoms with van der Waals surface area (Å²) in [6.45, 7) is 3.87. The summed E-state index contributed by atoms with van der Waals surface area (Å²) >= 11 is 1.58. The van der Waals surface area contributed by atoms with Gasteiger partial charge in [-0.1, -0.05) is 47.3 Å². The number of benzene rings is 2. The van der Waals surface area contributed by atoms with Crippen LogP contribution in [0.2, 0.25) is 0 Å². The number of ether oxygens (including phenoxy) is 2. The van der Waals surface area contributed by atoms with Crippen molar-refractivity contribution < 1.29 is 14.0 Å². The van der Waals surface area contributed by atoms with Gasteiger partial charge < -0.3 is 14.0 Å². The molecule has 0 aliphatic carbocycles. The fourth-order valence-corrected chi connectivity index (χ4v) is 4.28. The van der Waals surface area contributed by atoms with Gasteiger partial charge in [-0.25, -0.2) is 0 Å². The van der Waals surface area contributed by atoms with Crippen molar-refractivity contribution >= 4 is 11.8 Å². The minimum Gasteiger partial charge on any atom is -0.493 e. The molecule has 0 bridgehead atoms. The number of nitrogens with zero attached hydrogens (tertiary/aromatic N) is 4. The highest BCUT2D eigenvalue weighted by molar-refractivity contribution is 7.98. The number of aryl methyl sites for hydroxylation is 2. The Hall–Kier alpha value is -3.26. The molecule has 2 aromatic heterocycles. The van der Waals surface area contributed by atoms with Gasteiger partial charge in [0.1, 0.15) is 5.76 Å². The maximum atomic E-state index is 5.50. The maximum absolute atomic E-state index is 5.50. The molecule has 0 spiro atoms. The lowest BCUT2D eigenvalue weighted by Crippen LogP contribution is -2.01. The highest BCUT2D eigenvalue weighted by Gasteiger charge is 2.19. The van der Waals surface area contributed by atoms with Crippen LogP contribution in [0.3, 0.4) is 0 Å². The number of thioether (sulfide) groups is 1. The molecule has 4 rings (SSSR count). The second-order valence-electron chi connectivity index (χ2n) is 6.64. The van der Waals surface area contributed by atoms with Crippen LogP contribution in [0.1, 0.15) is 17.0 Å². The van der Waals surface area contributed by atoms with Gasteiger partial charge in [0.2, 0.25) is 0 Å². The van der Waals surface area contributed by atoms with E-state index in [0.717, 1.165) is 39.2 Å². The Kier molecular flexibility index (Phi) is 5.76. The molecule has 0 aliphatic heterocycles. The van der Waals surface area contributed by atoms with E-state index in [-0.39, 0.29) is 0 Å². The molecule has 0 unspecified atom stereocenters. The fourth-order valence-electron chi connectivity index (χ4n) is 3.18. The zero-order valence-corrected chi connectivity index (χ0v) is 18.1. The van der Waals surface area contributed by atoms with E-state index in [9.17, 15) is 0 Å². The van der Waals surface area contributed by atoms with E-state index in [1.807, 2.05) is 66.9 Å². The van der Waals surface area contributed by atoms with Crippen molar-refractivity contribution in [3.8, 4) is 28.6 Å². The van der Waals surface area contributed by atoms with E-state index < -0.39 is 0 Å². The SMILES string of the molecule is COc1ccc(-n2c(SCc3c(C)noc3C)nnc2-c2ccccc2)cc1OC. The predicted molar refractivity (Wildman–Crippen MR) is 115 cm³/mol. The van der Waals surface area contributed by atoms with E-state index >= 15 is 0 Å². The zero-order valence-electron chi connectivity index (χ0n) is 17.2. The average Bonchev–Trinajstić information content (AvgIpc) is 3.35. The molecule has 30 heavy (non-hydrogen) atoms. The van der Waals surface area contributed by atoms with Crippen molar-refractivity contribution in [2.24, 2.45) is 0 Å². The predicted octanol–water partition coefficient (Wildman–Crippen LogP) is 4.85. The first-order valence-electron chi connectivity index (χ1n) is 9.40. The normalized spacial score (nSPS) is 10.9. The van der Waals surface area contributed by atoms with E-state index in [2.05, 4.69) is 15.4 Å². The van der Waals surface area contributed by atoms with Gasteiger partial charge in [-0.15, -0.1) is 10.2 Å². The van der Waals surface area contributed by atoms with Gasteiger partial charge in [-0.2, -0.15) is 0 Å². The minimum absolute atomic E-state index is 0.643. The molecular formula is C22H22N4O3S. The van der Waals surface area contributed by atoms with Gasteiger partial charge >= 0.3 is 0 Å². The number of hydrogen-bond donors (Lipinski definition) is 0. The molecule has 0 N–H and O–H groups in total. The summed E-state index contributed by atoms with van der Waals surface area (Å²) in [5.41, 5.74) is 3.82. The molecule has 2 aromatic carbocycles. The van der Waals surface area contributed by atoms with Crippen molar-refractivity contribution in [2.45, 2.75) is 24.8 Å². The summed E-state index contributed by atoms with van der Waals surface area (Å²) in [5.74, 6) is 3.57. The lowest BCUT2D eigenvalue weighted by Gasteiger charge is -2.13. The van der Waals surface area contributed by atoms with Gasteiger partial charge in [0.05, 0.1) is 25.6 Å². The Balaban J connectivity index is 1.79. The minimum atomic E-state index is 0.643. The van der Waals surface area contributed by atoms with Crippen molar-refractivity contribution in [3.63, 3.8) is 0 Å². The molecule has 8 heteroatoms. The zero-order chi connectivity index (χ0) is 21.1. The average molecular weight is 423 g/mol. The Labute approximate surface area is 179 Å². The fraction of sp³-hybridized carbons (Fsp3) is 0.227. The third-order valence-electron chi connectivity index (χ3n) is 4.82. The molecule has 0 fully saturated rings. The molecule has 0 amide bonds. The molecule has 2 heterocycles. The summed E-state index contributed by atoms with van der Waals surface area (Å²) < 4.78 is 18.2. The van der Waals surface area contributed by atoms with Crippen LogP contribution < -0.4 is 9.47 Å².